The molecule has 16 heteroatoms. The lowest BCUT2D eigenvalue weighted by Crippen LogP contribution is -2.01. The van der Waals surface area contributed by atoms with Crippen LogP contribution in [0.15, 0.2) is 79.6 Å². The van der Waals surface area contributed by atoms with E-state index in [0.717, 1.165) is 24.4 Å². The molecule has 4 aromatic rings. The van der Waals surface area contributed by atoms with Crippen molar-refractivity contribution < 1.29 is 40.9 Å². The predicted molar refractivity (Wildman–Crippen MR) is 148 cm³/mol. The summed E-state index contributed by atoms with van der Waals surface area (Å²) >= 11 is 12.0. The number of nitrogens with zero attached hydrogens (tertiary/aromatic N) is 3. The Bertz CT molecular complexity index is 1950. The topological polar surface area (TPSA) is 196 Å². The van der Waals surface area contributed by atoms with E-state index >= 15 is 0 Å². The summed E-state index contributed by atoms with van der Waals surface area (Å²) in [6.07, 6.45) is 1.11. The van der Waals surface area contributed by atoms with Crippen molar-refractivity contribution >= 4 is 77.5 Å². The number of benzene rings is 4. The minimum atomic E-state index is -5.07. The number of phenolic OH excluding ortho intramolecular Hbond substituents is 2. The smallest absolute Gasteiger partial charge is 0.296 e. The molecule has 0 saturated carbocycles. The molecule has 0 saturated heterocycles. The molecule has 0 radical (unpaired) electrons. The number of phenols is 2. The van der Waals surface area contributed by atoms with E-state index in [1.165, 1.54) is 37.4 Å². The molecule has 0 amide bonds. The third-order valence-electron chi connectivity index (χ3n) is 5.44. The largest absolute Gasteiger partial charge is 0.505 e. The van der Waals surface area contributed by atoms with Gasteiger partial charge in [0.25, 0.3) is 20.2 Å². The van der Waals surface area contributed by atoms with Gasteiger partial charge in [-0.1, -0.05) is 29.3 Å². The van der Waals surface area contributed by atoms with Gasteiger partial charge in [0.2, 0.25) is 0 Å². The van der Waals surface area contributed by atoms with Gasteiger partial charge in [0.15, 0.2) is 17.2 Å². The minimum absolute atomic E-state index is 0.00316. The Kier molecular flexibility index (Phi) is 8.03. The van der Waals surface area contributed by atoms with Crippen LogP contribution in [0.4, 0.5) is 17.1 Å². The fourth-order valence-corrected chi connectivity index (χ4v) is 5.11. The maximum Gasteiger partial charge on any atom is 0.296 e. The average Bonchev–Trinajstić information content (AvgIpc) is 2.87. The normalized spacial score (nSPS) is 12.5. The molecular formula is C24H17Cl2N3O9S2. The molecule has 4 aromatic carbocycles. The molecule has 0 unspecified atom stereocenters. The molecule has 0 atom stereocenters. The zero-order chi connectivity index (χ0) is 29.4. The summed E-state index contributed by atoms with van der Waals surface area (Å²) in [5.41, 5.74) is -0.881. The summed E-state index contributed by atoms with van der Waals surface area (Å²) in [5, 5.41) is 29.0. The second kappa shape index (κ2) is 11.0. The Morgan fingerprint density at radius 1 is 0.850 bits per heavy atom. The SMILES string of the molecule is COc1cccc(C=Nc2cc(S(=O)(=O)O)cc3cc(S(=O)(=O)O)c(N=Nc4cc(Cl)ccc4Cl)c(O)c23)c1O. The molecule has 4 N–H and O–H groups in total. The molecule has 12 nitrogen and oxygen atoms in total. The molecule has 40 heavy (non-hydrogen) atoms. The number of methoxy groups -OCH3 is 1. The quantitative estimate of drug-likeness (QED) is 0.104. The van der Waals surface area contributed by atoms with Gasteiger partial charge in [-0.05, 0) is 53.9 Å². The van der Waals surface area contributed by atoms with Crippen LogP contribution in [0, 0.1) is 0 Å². The summed E-state index contributed by atoms with van der Waals surface area (Å²) in [7, 11) is -8.59. The van der Waals surface area contributed by atoms with Crippen molar-refractivity contribution in [2.75, 3.05) is 7.11 Å². The van der Waals surface area contributed by atoms with E-state index in [4.69, 9.17) is 27.9 Å². The van der Waals surface area contributed by atoms with Crippen molar-refractivity contribution in [3.8, 4) is 17.2 Å². The Morgan fingerprint density at radius 2 is 1.57 bits per heavy atom. The number of para-hydroxylation sites is 1. The molecule has 0 fully saturated rings. The van der Waals surface area contributed by atoms with Gasteiger partial charge < -0.3 is 14.9 Å². The Labute approximate surface area is 237 Å². The molecule has 208 valence electrons. The van der Waals surface area contributed by atoms with Crippen molar-refractivity contribution in [1.29, 1.82) is 0 Å². The Balaban J connectivity index is 2.04. The van der Waals surface area contributed by atoms with Gasteiger partial charge >= 0.3 is 0 Å². The first-order valence-electron chi connectivity index (χ1n) is 10.8. The van der Waals surface area contributed by atoms with Crippen molar-refractivity contribution in [2.45, 2.75) is 9.79 Å². The fourth-order valence-electron chi connectivity index (χ4n) is 3.60. The van der Waals surface area contributed by atoms with Crippen LogP contribution in [0.25, 0.3) is 10.8 Å². The van der Waals surface area contributed by atoms with Crippen LogP contribution < -0.4 is 4.74 Å². The highest BCUT2D eigenvalue weighted by atomic mass is 35.5. The number of fused-ring (bicyclic) bond motifs is 1. The standard InChI is InChI=1S/C24H17Cl2N3O9S2/c1-38-19-4-2-3-12(23(19)30)11-27-18-10-15(39(32,33)34)7-13-8-20(40(35,36)37)22(24(31)21(13)18)29-28-17-9-14(25)5-6-16(17)26/h2-11,30-31H,1H3,(H,32,33,34)(H,35,36,37). The van der Waals surface area contributed by atoms with Gasteiger partial charge in [-0.2, -0.15) is 16.8 Å². The molecule has 0 aliphatic carbocycles. The number of hydrogen-bond donors (Lipinski definition) is 4. The monoisotopic (exact) mass is 625 g/mol. The minimum Gasteiger partial charge on any atom is -0.505 e. The lowest BCUT2D eigenvalue weighted by molar-refractivity contribution is 0.373. The fraction of sp³-hybridized carbons (Fsp3) is 0.0417. The van der Waals surface area contributed by atoms with Crippen LogP contribution in [-0.2, 0) is 20.2 Å². The highest BCUT2D eigenvalue weighted by Crippen LogP contribution is 2.46. The van der Waals surface area contributed by atoms with Crippen LogP contribution in [-0.4, -0.2) is 49.5 Å². The number of rotatable bonds is 7. The van der Waals surface area contributed by atoms with Crippen LogP contribution in [0.1, 0.15) is 5.56 Å². The van der Waals surface area contributed by atoms with E-state index in [1.807, 2.05) is 0 Å². The second-order valence-electron chi connectivity index (χ2n) is 8.01. The first kappa shape index (κ1) is 29.2. The molecule has 0 spiro atoms. The molecule has 0 bridgehead atoms. The maximum atomic E-state index is 12.2. The number of halogens is 2. The number of hydrogen-bond acceptors (Lipinski definition) is 10. The summed E-state index contributed by atoms with van der Waals surface area (Å²) in [5.74, 6) is -1.05. The van der Waals surface area contributed by atoms with Gasteiger partial charge in [-0.3, -0.25) is 14.1 Å². The summed E-state index contributed by atoms with van der Waals surface area (Å²) in [6, 6.07) is 11.2. The third-order valence-corrected chi connectivity index (χ3v) is 7.69. The molecule has 0 aliphatic heterocycles. The highest BCUT2D eigenvalue weighted by molar-refractivity contribution is 7.86. The second-order valence-corrected chi connectivity index (χ2v) is 11.7. The van der Waals surface area contributed by atoms with Crippen LogP contribution in [0.2, 0.25) is 10.0 Å². The zero-order valence-electron chi connectivity index (χ0n) is 20.0. The van der Waals surface area contributed by atoms with E-state index in [9.17, 15) is 36.2 Å². The van der Waals surface area contributed by atoms with E-state index in [2.05, 4.69) is 15.2 Å². The molecule has 4 rings (SSSR count). The van der Waals surface area contributed by atoms with E-state index < -0.39 is 41.5 Å². The van der Waals surface area contributed by atoms with Crippen molar-refractivity contribution in [3.05, 3.63) is 70.2 Å². The first-order valence-corrected chi connectivity index (χ1v) is 14.4. The van der Waals surface area contributed by atoms with Gasteiger partial charge in [0.1, 0.15) is 16.3 Å². The Hall–Kier alpha value is -3.79. The van der Waals surface area contributed by atoms with Gasteiger partial charge in [0, 0.05) is 16.8 Å². The average molecular weight is 626 g/mol. The molecular weight excluding hydrogens is 609 g/mol. The van der Waals surface area contributed by atoms with E-state index in [1.54, 1.807) is 6.07 Å². The Morgan fingerprint density at radius 3 is 2.23 bits per heavy atom. The van der Waals surface area contributed by atoms with Crippen molar-refractivity contribution in [3.63, 3.8) is 0 Å². The van der Waals surface area contributed by atoms with E-state index in [-0.39, 0.29) is 49.3 Å². The highest BCUT2D eigenvalue weighted by Gasteiger charge is 2.25. The summed E-state index contributed by atoms with van der Waals surface area (Å²) < 4.78 is 72.9. The summed E-state index contributed by atoms with van der Waals surface area (Å²) in [6.45, 7) is 0. The van der Waals surface area contributed by atoms with Crippen molar-refractivity contribution in [1.82, 2.24) is 0 Å². The zero-order valence-corrected chi connectivity index (χ0v) is 23.2. The third kappa shape index (κ3) is 6.01. The van der Waals surface area contributed by atoms with Crippen LogP contribution in [0.5, 0.6) is 17.2 Å². The molecule has 0 aromatic heterocycles. The lowest BCUT2D eigenvalue weighted by Gasteiger charge is -2.12. The molecule has 0 heterocycles. The van der Waals surface area contributed by atoms with Gasteiger partial charge in [0.05, 0.1) is 28.1 Å². The maximum absolute atomic E-state index is 12.2. The molecule has 0 aliphatic rings. The number of aliphatic imine (C=N–C) groups is 1. The first-order chi connectivity index (χ1) is 18.7. The van der Waals surface area contributed by atoms with Crippen LogP contribution in [0.3, 0.4) is 0 Å². The van der Waals surface area contributed by atoms with Gasteiger partial charge in [-0.25, -0.2) is 0 Å². The predicted octanol–water partition coefficient (Wildman–Crippen LogP) is 6.23. The summed E-state index contributed by atoms with van der Waals surface area (Å²) in [4.78, 5) is 2.51. The number of aromatic hydroxyl groups is 2. The van der Waals surface area contributed by atoms with Crippen LogP contribution >= 0.6 is 23.2 Å². The van der Waals surface area contributed by atoms with E-state index in [0.29, 0.717) is 0 Å². The van der Waals surface area contributed by atoms with Gasteiger partial charge in [-0.15, -0.1) is 10.2 Å². The van der Waals surface area contributed by atoms with Crippen molar-refractivity contribution in [2.24, 2.45) is 15.2 Å². The lowest BCUT2D eigenvalue weighted by atomic mass is 10.1. The number of ether oxygens (including phenoxy) is 1. The number of azo groups is 1.